The predicted molar refractivity (Wildman–Crippen MR) is 113 cm³/mol. The standard InChI is InChI=1S/C17H24N6O3S2/c1-28(24,25)21-14-2-4-15(5-3-14)26-12-6-19-16(18)22-8-10-23(11-9-22)17-20-7-13-27-17/h2-5,7,13,21H,6,8-12H2,1H3,(H2,18,19). The first-order valence-corrected chi connectivity index (χ1v) is 11.6. The predicted octanol–water partition coefficient (Wildman–Crippen LogP) is 1.03. The van der Waals surface area contributed by atoms with E-state index in [0.717, 1.165) is 37.6 Å². The molecule has 0 bridgehead atoms. The minimum absolute atomic E-state index is 0.388. The van der Waals surface area contributed by atoms with Crippen LogP contribution < -0.4 is 20.1 Å². The van der Waals surface area contributed by atoms with E-state index in [4.69, 9.17) is 10.5 Å². The van der Waals surface area contributed by atoms with Gasteiger partial charge in [-0.05, 0) is 24.3 Å². The first kappa shape index (κ1) is 20.2. The van der Waals surface area contributed by atoms with Crippen LogP contribution in [0.4, 0.5) is 10.8 Å². The lowest BCUT2D eigenvalue weighted by atomic mass is 10.3. The van der Waals surface area contributed by atoms with Crippen molar-refractivity contribution in [1.82, 2.24) is 9.88 Å². The quantitative estimate of drug-likeness (QED) is 0.388. The molecule has 11 heteroatoms. The molecule has 1 aromatic heterocycles. The molecule has 0 atom stereocenters. The number of hydrogen-bond donors (Lipinski definition) is 2. The fraction of sp³-hybridized carbons (Fsp3) is 0.412. The van der Waals surface area contributed by atoms with Gasteiger partial charge < -0.3 is 20.3 Å². The Morgan fingerprint density at radius 3 is 2.61 bits per heavy atom. The van der Waals surface area contributed by atoms with Crippen LogP contribution in [0.2, 0.25) is 0 Å². The maximum Gasteiger partial charge on any atom is 0.229 e. The van der Waals surface area contributed by atoms with Gasteiger partial charge in [0.15, 0.2) is 11.1 Å². The Hall–Kier alpha value is -2.53. The molecule has 152 valence electrons. The lowest BCUT2D eigenvalue weighted by molar-refractivity contribution is 0.326. The number of sulfonamides is 1. The second kappa shape index (κ2) is 9.11. The van der Waals surface area contributed by atoms with Gasteiger partial charge in [-0.15, -0.1) is 11.3 Å². The van der Waals surface area contributed by atoms with Crippen LogP contribution in [0.15, 0.2) is 40.8 Å². The molecule has 0 spiro atoms. The summed E-state index contributed by atoms with van der Waals surface area (Å²) in [5.41, 5.74) is 6.59. The molecule has 3 rings (SSSR count). The van der Waals surface area contributed by atoms with Gasteiger partial charge in [-0.3, -0.25) is 4.72 Å². The van der Waals surface area contributed by atoms with Crippen molar-refractivity contribution in [3.63, 3.8) is 0 Å². The lowest BCUT2D eigenvalue weighted by Crippen LogP contribution is -2.51. The third-order valence-corrected chi connectivity index (χ3v) is 5.52. The Morgan fingerprint density at radius 1 is 1.29 bits per heavy atom. The number of guanidine groups is 1. The molecule has 0 unspecified atom stereocenters. The summed E-state index contributed by atoms with van der Waals surface area (Å²) in [6.45, 7) is 4.19. The summed E-state index contributed by atoms with van der Waals surface area (Å²) < 4.78 is 30.4. The number of nitrogens with one attached hydrogen (secondary N) is 1. The van der Waals surface area contributed by atoms with Gasteiger partial charge in [0.05, 0.1) is 12.8 Å². The second-order valence-electron chi connectivity index (χ2n) is 6.28. The Kier molecular flexibility index (Phi) is 6.57. The number of benzene rings is 1. The minimum Gasteiger partial charge on any atom is -0.492 e. The van der Waals surface area contributed by atoms with Crippen molar-refractivity contribution in [3.8, 4) is 5.75 Å². The summed E-state index contributed by atoms with van der Waals surface area (Å²) in [5, 5.41) is 3.02. The van der Waals surface area contributed by atoms with E-state index in [9.17, 15) is 8.42 Å². The first-order valence-electron chi connectivity index (χ1n) is 8.81. The highest BCUT2D eigenvalue weighted by Gasteiger charge is 2.19. The van der Waals surface area contributed by atoms with Gasteiger partial charge in [0, 0.05) is 43.4 Å². The average Bonchev–Trinajstić information content (AvgIpc) is 3.20. The summed E-state index contributed by atoms with van der Waals surface area (Å²) in [7, 11) is -3.28. The van der Waals surface area contributed by atoms with Crippen molar-refractivity contribution in [2.75, 3.05) is 55.2 Å². The van der Waals surface area contributed by atoms with Crippen molar-refractivity contribution in [2.24, 2.45) is 10.7 Å². The molecule has 1 saturated heterocycles. The van der Waals surface area contributed by atoms with Gasteiger partial charge in [-0.2, -0.15) is 0 Å². The number of rotatable bonds is 7. The highest BCUT2D eigenvalue weighted by atomic mass is 32.2. The molecule has 2 aromatic rings. The summed E-state index contributed by atoms with van der Waals surface area (Å²) in [6, 6.07) is 6.71. The van der Waals surface area contributed by atoms with Crippen molar-refractivity contribution in [2.45, 2.75) is 0 Å². The SMILES string of the molecule is CS(=O)(=O)Nc1ccc(OCCN=C(N)N2CCN(c3nccs3)CC2)cc1. The van der Waals surface area contributed by atoms with E-state index in [-0.39, 0.29) is 0 Å². The number of aromatic nitrogens is 1. The molecule has 0 radical (unpaired) electrons. The monoisotopic (exact) mass is 424 g/mol. The summed E-state index contributed by atoms with van der Waals surface area (Å²) in [5.74, 6) is 1.17. The summed E-state index contributed by atoms with van der Waals surface area (Å²) >= 11 is 1.64. The molecule has 1 fully saturated rings. The van der Waals surface area contributed by atoms with Gasteiger partial charge in [0.2, 0.25) is 10.0 Å². The molecular weight excluding hydrogens is 400 g/mol. The number of nitrogens with two attached hydrogens (primary N) is 1. The zero-order valence-electron chi connectivity index (χ0n) is 15.6. The number of aliphatic imine (C=N–C) groups is 1. The van der Waals surface area contributed by atoms with Crippen molar-refractivity contribution in [3.05, 3.63) is 35.8 Å². The van der Waals surface area contributed by atoms with Crippen LogP contribution in [0.3, 0.4) is 0 Å². The molecule has 0 aliphatic carbocycles. The minimum atomic E-state index is -3.28. The first-order chi connectivity index (χ1) is 13.4. The van der Waals surface area contributed by atoms with Crippen LogP contribution in [0.1, 0.15) is 0 Å². The molecule has 9 nitrogen and oxygen atoms in total. The molecule has 0 amide bonds. The Balaban J connectivity index is 1.40. The Morgan fingerprint density at radius 2 is 2.00 bits per heavy atom. The van der Waals surface area contributed by atoms with Gasteiger partial charge in [0.1, 0.15) is 12.4 Å². The number of ether oxygens (including phenoxy) is 1. The molecule has 1 aliphatic heterocycles. The van der Waals surface area contributed by atoms with Crippen LogP contribution in [-0.2, 0) is 10.0 Å². The van der Waals surface area contributed by atoms with Crippen LogP contribution in [0.5, 0.6) is 5.75 Å². The maximum absolute atomic E-state index is 11.2. The number of piperazine rings is 1. The van der Waals surface area contributed by atoms with Crippen molar-refractivity contribution in [1.29, 1.82) is 0 Å². The van der Waals surface area contributed by atoms with E-state index < -0.39 is 10.0 Å². The summed E-state index contributed by atoms with van der Waals surface area (Å²) in [4.78, 5) is 13.0. The zero-order valence-corrected chi connectivity index (χ0v) is 17.2. The highest BCUT2D eigenvalue weighted by Crippen LogP contribution is 2.19. The zero-order chi connectivity index (χ0) is 20.0. The van der Waals surface area contributed by atoms with Crippen LogP contribution in [0, 0.1) is 0 Å². The van der Waals surface area contributed by atoms with Crippen LogP contribution in [0.25, 0.3) is 0 Å². The molecule has 28 heavy (non-hydrogen) atoms. The fourth-order valence-corrected chi connectivity index (χ4v) is 4.02. The molecular formula is C17H24N6O3S2. The van der Waals surface area contributed by atoms with E-state index in [0.29, 0.717) is 30.5 Å². The third kappa shape index (κ3) is 5.99. The number of anilines is 2. The van der Waals surface area contributed by atoms with E-state index >= 15 is 0 Å². The normalized spacial score (nSPS) is 15.5. The molecule has 3 N–H and O–H groups in total. The van der Waals surface area contributed by atoms with Crippen LogP contribution in [-0.4, -0.2) is 69.8 Å². The van der Waals surface area contributed by atoms with E-state index in [1.165, 1.54) is 0 Å². The molecule has 1 aromatic carbocycles. The second-order valence-corrected chi connectivity index (χ2v) is 8.90. The van der Waals surface area contributed by atoms with E-state index in [2.05, 4.69) is 24.5 Å². The number of thiazole rings is 1. The fourth-order valence-electron chi connectivity index (χ4n) is 2.76. The van der Waals surface area contributed by atoms with Gasteiger partial charge in [0.25, 0.3) is 0 Å². The van der Waals surface area contributed by atoms with E-state index in [1.54, 1.807) is 35.6 Å². The van der Waals surface area contributed by atoms with Gasteiger partial charge in [-0.1, -0.05) is 0 Å². The highest BCUT2D eigenvalue weighted by molar-refractivity contribution is 7.92. The topological polar surface area (TPSA) is 113 Å². The van der Waals surface area contributed by atoms with Crippen molar-refractivity contribution < 1.29 is 13.2 Å². The lowest BCUT2D eigenvalue weighted by Gasteiger charge is -2.35. The van der Waals surface area contributed by atoms with Gasteiger partial charge >= 0.3 is 0 Å². The molecule has 1 aliphatic rings. The van der Waals surface area contributed by atoms with Gasteiger partial charge in [-0.25, -0.2) is 18.4 Å². The Labute approximate surface area is 168 Å². The van der Waals surface area contributed by atoms with Crippen LogP contribution >= 0.6 is 11.3 Å². The van der Waals surface area contributed by atoms with E-state index in [1.807, 2.05) is 11.6 Å². The summed E-state index contributed by atoms with van der Waals surface area (Å²) in [6.07, 6.45) is 2.93. The maximum atomic E-state index is 11.2. The molecule has 0 saturated carbocycles. The number of hydrogen-bond acceptors (Lipinski definition) is 7. The smallest absolute Gasteiger partial charge is 0.229 e. The number of nitrogens with zero attached hydrogens (tertiary/aromatic N) is 4. The molecule has 2 heterocycles. The van der Waals surface area contributed by atoms with Crippen molar-refractivity contribution >= 4 is 38.1 Å². The average molecular weight is 425 g/mol. The largest absolute Gasteiger partial charge is 0.492 e. The third-order valence-electron chi connectivity index (χ3n) is 4.08. The Bertz CT molecular complexity index is 876.